The van der Waals surface area contributed by atoms with Gasteiger partial charge in [0, 0.05) is 32.5 Å². The molecule has 1 aliphatic rings. The van der Waals surface area contributed by atoms with E-state index >= 15 is 0 Å². The predicted molar refractivity (Wildman–Crippen MR) is 96.5 cm³/mol. The maximum Gasteiger partial charge on any atom is 0.224 e. The maximum atomic E-state index is 12.7. The third-order valence-corrected chi connectivity index (χ3v) is 4.68. The zero-order valence-corrected chi connectivity index (χ0v) is 15.2. The highest BCUT2D eigenvalue weighted by molar-refractivity contribution is 5.79. The number of carbonyl (C=O) groups excluding carboxylic acids is 2. The van der Waals surface area contributed by atoms with Crippen molar-refractivity contribution in [3.8, 4) is 0 Å². The quantitative estimate of drug-likeness (QED) is 0.766. The summed E-state index contributed by atoms with van der Waals surface area (Å²) >= 11 is 0. The topological polar surface area (TPSA) is 40.6 Å². The third-order valence-electron chi connectivity index (χ3n) is 4.68. The van der Waals surface area contributed by atoms with Crippen LogP contribution in [0, 0.1) is 5.92 Å². The van der Waals surface area contributed by atoms with Gasteiger partial charge in [-0.15, -0.1) is 0 Å². The first-order valence-corrected chi connectivity index (χ1v) is 9.11. The average Bonchev–Trinajstić information content (AvgIpc) is 3.09. The van der Waals surface area contributed by atoms with Gasteiger partial charge in [0.25, 0.3) is 0 Å². The molecule has 1 saturated heterocycles. The minimum absolute atomic E-state index is 0.0103. The molecule has 0 bridgehead atoms. The molecule has 1 aliphatic heterocycles. The Kier molecular flexibility index (Phi) is 6.83. The van der Waals surface area contributed by atoms with Crippen molar-refractivity contribution >= 4 is 11.8 Å². The summed E-state index contributed by atoms with van der Waals surface area (Å²) in [6, 6.07) is 10.0. The molecule has 1 fully saturated rings. The molecule has 24 heavy (non-hydrogen) atoms. The number of nitrogens with zero attached hydrogens (tertiary/aromatic N) is 2. The lowest BCUT2D eigenvalue weighted by molar-refractivity contribution is -0.136. The van der Waals surface area contributed by atoms with Gasteiger partial charge in [0.1, 0.15) is 0 Å². The van der Waals surface area contributed by atoms with Crippen LogP contribution in [0.15, 0.2) is 30.3 Å². The second kappa shape index (κ2) is 8.86. The molecule has 1 unspecified atom stereocenters. The van der Waals surface area contributed by atoms with Gasteiger partial charge in [0.15, 0.2) is 0 Å². The molecule has 0 saturated carbocycles. The molecule has 0 radical (unpaired) electrons. The van der Waals surface area contributed by atoms with Crippen LogP contribution < -0.4 is 0 Å². The molecular formula is C20H30N2O2. The van der Waals surface area contributed by atoms with Gasteiger partial charge in [0.2, 0.25) is 11.8 Å². The molecule has 0 aliphatic carbocycles. The summed E-state index contributed by atoms with van der Waals surface area (Å²) in [5.74, 6) is 0.628. The van der Waals surface area contributed by atoms with Crippen LogP contribution in [0.3, 0.4) is 0 Å². The molecule has 0 N–H and O–H groups in total. The summed E-state index contributed by atoms with van der Waals surface area (Å²) in [4.78, 5) is 28.9. The molecule has 4 heteroatoms. The van der Waals surface area contributed by atoms with Crippen molar-refractivity contribution in [2.24, 2.45) is 5.92 Å². The normalized spacial score (nSPS) is 15.6. The first-order chi connectivity index (χ1) is 11.5. The second-order valence-electron chi connectivity index (χ2n) is 7.11. The molecule has 2 amide bonds. The zero-order valence-electron chi connectivity index (χ0n) is 15.2. The molecule has 1 aromatic carbocycles. The van der Waals surface area contributed by atoms with Crippen LogP contribution >= 0.6 is 0 Å². The van der Waals surface area contributed by atoms with E-state index in [1.165, 1.54) is 0 Å². The van der Waals surface area contributed by atoms with Crippen molar-refractivity contribution in [1.82, 2.24) is 9.80 Å². The number of hydrogen-bond donors (Lipinski definition) is 0. The first-order valence-electron chi connectivity index (χ1n) is 9.11. The highest BCUT2D eigenvalue weighted by Crippen LogP contribution is 2.22. The number of benzene rings is 1. The lowest BCUT2D eigenvalue weighted by Gasteiger charge is -2.31. The Morgan fingerprint density at radius 1 is 1.08 bits per heavy atom. The number of likely N-dealkylation sites (tertiary alicyclic amines) is 1. The summed E-state index contributed by atoms with van der Waals surface area (Å²) in [6.07, 6.45) is 3.14. The summed E-state index contributed by atoms with van der Waals surface area (Å²) in [6.45, 7) is 8.39. The van der Waals surface area contributed by atoms with Gasteiger partial charge in [-0.2, -0.15) is 0 Å². The summed E-state index contributed by atoms with van der Waals surface area (Å²) in [5, 5.41) is 0. The van der Waals surface area contributed by atoms with Gasteiger partial charge in [0.05, 0.1) is 6.04 Å². The molecular weight excluding hydrogens is 300 g/mol. The van der Waals surface area contributed by atoms with E-state index in [0.29, 0.717) is 25.3 Å². The van der Waals surface area contributed by atoms with Crippen molar-refractivity contribution in [3.63, 3.8) is 0 Å². The van der Waals surface area contributed by atoms with Gasteiger partial charge in [-0.25, -0.2) is 0 Å². The summed E-state index contributed by atoms with van der Waals surface area (Å²) in [5.41, 5.74) is 1.11. The third kappa shape index (κ3) is 5.08. The Labute approximate surface area is 145 Å². The molecule has 0 aromatic heterocycles. The van der Waals surface area contributed by atoms with E-state index in [1.54, 1.807) is 0 Å². The van der Waals surface area contributed by atoms with Crippen molar-refractivity contribution in [2.45, 2.75) is 52.5 Å². The van der Waals surface area contributed by atoms with Crippen LogP contribution in [-0.2, 0) is 9.59 Å². The van der Waals surface area contributed by atoms with Crippen LogP contribution in [0.1, 0.15) is 58.1 Å². The SMILES string of the molecule is CC(C)CC(=O)N(CCC(=O)N1CCCC1)C(C)c1ccccc1. The Morgan fingerprint density at radius 3 is 2.29 bits per heavy atom. The number of amides is 2. The van der Waals surface area contributed by atoms with E-state index in [0.717, 1.165) is 31.5 Å². The standard InChI is InChI=1S/C20H30N2O2/c1-16(2)15-20(24)22(17(3)18-9-5-4-6-10-18)14-11-19(23)21-12-7-8-13-21/h4-6,9-10,16-17H,7-8,11-15H2,1-3H3. The van der Waals surface area contributed by atoms with Crippen molar-refractivity contribution in [3.05, 3.63) is 35.9 Å². The molecule has 0 spiro atoms. The molecule has 4 nitrogen and oxygen atoms in total. The van der Waals surface area contributed by atoms with Crippen LogP contribution in [0.5, 0.6) is 0 Å². The van der Waals surface area contributed by atoms with E-state index in [-0.39, 0.29) is 17.9 Å². The smallest absolute Gasteiger partial charge is 0.224 e. The molecule has 1 atom stereocenters. The van der Waals surface area contributed by atoms with Crippen molar-refractivity contribution in [1.29, 1.82) is 0 Å². The van der Waals surface area contributed by atoms with Gasteiger partial charge in [-0.3, -0.25) is 9.59 Å². The van der Waals surface area contributed by atoms with E-state index < -0.39 is 0 Å². The molecule has 1 aromatic rings. The van der Waals surface area contributed by atoms with Gasteiger partial charge >= 0.3 is 0 Å². The van der Waals surface area contributed by atoms with Crippen LogP contribution in [0.2, 0.25) is 0 Å². The van der Waals surface area contributed by atoms with Gasteiger partial charge in [-0.05, 0) is 31.2 Å². The maximum absolute atomic E-state index is 12.7. The zero-order chi connectivity index (χ0) is 17.5. The Balaban J connectivity index is 2.04. The van der Waals surface area contributed by atoms with Crippen LogP contribution in [-0.4, -0.2) is 41.2 Å². The fourth-order valence-corrected chi connectivity index (χ4v) is 3.25. The van der Waals surface area contributed by atoms with Crippen LogP contribution in [0.25, 0.3) is 0 Å². The summed E-state index contributed by atoms with van der Waals surface area (Å²) in [7, 11) is 0. The Morgan fingerprint density at radius 2 is 1.71 bits per heavy atom. The number of rotatable bonds is 7. The van der Waals surface area contributed by atoms with E-state index in [4.69, 9.17) is 0 Å². The fourth-order valence-electron chi connectivity index (χ4n) is 3.25. The molecule has 132 valence electrons. The van der Waals surface area contributed by atoms with E-state index in [2.05, 4.69) is 13.8 Å². The highest BCUT2D eigenvalue weighted by atomic mass is 16.2. The lowest BCUT2D eigenvalue weighted by atomic mass is 10.0. The largest absolute Gasteiger partial charge is 0.343 e. The number of hydrogen-bond acceptors (Lipinski definition) is 2. The predicted octanol–water partition coefficient (Wildman–Crippen LogP) is 3.63. The summed E-state index contributed by atoms with van der Waals surface area (Å²) < 4.78 is 0. The van der Waals surface area contributed by atoms with Gasteiger partial charge < -0.3 is 9.80 Å². The van der Waals surface area contributed by atoms with Gasteiger partial charge in [-0.1, -0.05) is 44.2 Å². The van der Waals surface area contributed by atoms with E-state index in [9.17, 15) is 9.59 Å². The highest BCUT2D eigenvalue weighted by Gasteiger charge is 2.24. The number of carbonyl (C=O) groups is 2. The van der Waals surface area contributed by atoms with Crippen molar-refractivity contribution < 1.29 is 9.59 Å². The average molecular weight is 330 g/mol. The molecule has 2 rings (SSSR count). The monoisotopic (exact) mass is 330 g/mol. The molecule has 1 heterocycles. The second-order valence-corrected chi connectivity index (χ2v) is 7.11. The van der Waals surface area contributed by atoms with Crippen LogP contribution in [0.4, 0.5) is 0 Å². The Hall–Kier alpha value is -1.84. The first kappa shape index (κ1) is 18.5. The lowest BCUT2D eigenvalue weighted by Crippen LogP contribution is -2.38. The van der Waals surface area contributed by atoms with E-state index in [1.807, 2.05) is 47.1 Å². The van der Waals surface area contributed by atoms with Crippen molar-refractivity contribution in [2.75, 3.05) is 19.6 Å². The fraction of sp³-hybridized carbons (Fsp3) is 0.600. The minimum atomic E-state index is -0.0103. The Bertz CT molecular complexity index is 536. The minimum Gasteiger partial charge on any atom is -0.343 e.